The Kier molecular flexibility index (Phi) is 6.10. The Morgan fingerprint density at radius 3 is 2.76 bits per heavy atom. The van der Waals surface area contributed by atoms with E-state index < -0.39 is 42.7 Å². The van der Waals surface area contributed by atoms with Gasteiger partial charge in [-0.1, -0.05) is 11.6 Å². The van der Waals surface area contributed by atoms with Gasteiger partial charge < -0.3 is 20.7 Å². The molecule has 2 atom stereocenters. The van der Waals surface area contributed by atoms with Crippen LogP contribution >= 0.6 is 11.6 Å². The van der Waals surface area contributed by atoms with Crippen molar-refractivity contribution in [3.05, 3.63) is 28.8 Å². The Hall–Kier alpha value is -3.14. The molecule has 4 N–H and O–H groups in total. The highest BCUT2D eigenvalue weighted by Gasteiger charge is 2.34. The zero-order valence-corrected chi connectivity index (χ0v) is 16.1. The summed E-state index contributed by atoms with van der Waals surface area (Å²) >= 11 is 5.93. The number of methoxy groups -OCH3 is 1. The molecule has 2 rings (SSSR count). The van der Waals surface area contributed by atoms with Crippen molar-refractivity contribution in [2.24, 2.45) is 5.92 Å². The molecule has 0 unspecified atom stereocenters. The molecule has 0 aliphatic carbocycles. The van der Waals surface area contributed by atoms with E-state index in [1.807, 2.05) is 0 Å². The molecule has 1 fully saturated rings. The van der Waals surface area contributed by atoms with Crippen molar-refractivity contribution in [2.75, 3.05) is 25.9 Å². The number of halogens is 1. The monoisotopic (exact) mass is 427 g/mol. The summed E-state index contributed by atoms with van der Waals surface area (Å²) in [6.45, 7) is 0.409. The van der Waals surface area contributed by atoms with E-state index >= 15 is 0 Å². The fourth-order valence-electron chi connectivity index (χ4n) is 2.85. The number of amides is 4. The van der Waals surface area contributed by atoms with E-state index in [0.717, 1.165) is 0 Å². The van der Waals surface area contributed by atoms with Gasteiger partial charge in [0, 0.05) is 24.5 Å². The van der Waals surface area contributed by atoms with Crippen LogP contribution in [0.5, 0.6) is 0 Å². The van der Waals surface area contributed by atoms with E-state index in [9.17, 15) is 24.0 Å². The highest BCUT2D eigenvalue weighted by molar-refractivity contribution is 6.38. The summed E-state index contributed by atoms with van der Waals surface area (Å²) < 4.78 is 25.1. The summed E-state index contributed by atoms with van der Waals surface area (Å²) in [5, 5.41) is 9.41. The Morgan fingerprint density at radius 2 is 2.14 bits per heavy atom. The number of ketones is 1. The van der Waals surface area contributed by atoms with Crippen molar-refractivity contribution >= 4 is 46.9 Å². The number of hydrogen-bond acceptors (Lipinski definition) is 6. The van der Waals surface area contributed by atoms with Crippen LogP contribution in [0.4, 0.5) is 10.5 Å². The van der Waals surface area contributed by atoms with Crippen LogP contribution in [0, 0.1) is 5.92 Å². The molecule has 0 bridgehead atoms. The second-order valence-corrected chi connectivity index (χ2v) is 6.62. The molecule has 0 spiro atoms. The fraction of sp³-hybridized carbons (Fsp3) is 0.389. The second-order valence-electron chi connectivity index (χ2n) is 6.19. The molecular formula is C18H21ClN4O6. The maximum Gasteiger partial charge on any atom is 0.411 e. The van der Waals surface area contributed by atoms with Crippen LogP contribution in [0.2, 0.25) is 5.02 Å². The van der Waals surface area contributed by atoms with Gasteiger partial charge in [-0.2, -0.15) is 0 Å². The summed E-state index contributed by atoms with van der Waals surface area (Å²) in [4.78, 5) is 61.0. The third kappa shape index (κ3) is 5.67. The van der Waals surface area contributed by atoms with E-state index in [1.165, 1.54) is 25.2 Å². The average Bonchev–Trinajstić information content (AvgIpc) is 3.10. The molecule has 1 aromatic rings. The Bertz CT molecular complexity index is 940. The molecule has 1 aliphatic heterocycles. The molecule has 0 aromatic heterocycles. The van der Waals surface area contributed by atoms with Gasteiger partial charge in [0.15, 0.2) is 0 Å². The number of Topliss-reactive ketones (excluding diaryl/α,β-unsaturated/α-hetero) is 1. The highest BCUT2D eigenvalue weighted by atomic mass is 35.5. The normalized spacial score (nSPS) is 18.3. The van der Waals surface area contributed by atoms with Gasteiger partial charge in [-0.25, -0.2) is 4.79 Å². The van der Waals surface area contributed by atoms with Gasteiger partial charge >= 0.3 is 6.09 Å². The van der Waals surface area contributed by atoms with Crippen molar-refractivity contribution in [3.63, 3.8) is 0 Å². The number of anilines is 1. The van der Waals surface area contributed by atoms with Crippen LogP contribution < -0.4 is 21.3 Å². The summed E-state index contributed by atoms with van der Waals surface area (Å²) in [7, 11) is -1.76. The summed E-state index contributed by atoms with van der Waals surface area (Å²) in [6, 6.07) is 2.40. The quantitative estimate of drug-likeness (QED) is 0.465. The van der Waals surface area contributed by atoms with Crippen molar-refractivity contribution in [3.8, 4) is 0 Å². The second kappa shape index (κ2) is 9.87. The van der Waals surface area contributed by atoms with Crippen LogP contribution in [0.25, 0.3) is 0 Å². The lowest BCUT2D eigenvalue weighted by molar-refractivity contribution is -0.139. The maximum atomic E-state index is 12.9. The molecule has 0 saturated carbocycles. The van der Waals surface area contributed by atoms with Crippen molar-refractivity contribution in [1.29, 1.82) is 0 Å². The topological polar surface area (TPSA) is 143 Å². The molecule has 10 nitrogen and oxygen atoms in total. The van der Waals surface area contributed by atoms with E-state index in [2.05, 4.69) is 26.0 Å². The highest BCUT2D eigenvalue weighted by Crippen LogP contribution is 2.22. The van der Waals surface area contributed by atoms with Gasteiger partial charge in [0.25, 0.3) is 11.8 Å². The average molecular weight is 428 g/mol. The predicted octanol–water partition coefficient (Wildman–Crippen LogP) is 0.458. The number of rotatable bonds is 7. The van der Waals surface area contributed by atoms with Crippen molar-refractivity contribution in [2.45, 2.75) is 18.9 Å². The van der Waals surface area contributed by atoms with E-state index in [1.54, 1.807) is 0 Å². The Balaban J connectivity index is 2.26. The molecule has 29 heavy (non-hydrogen) atoms. The van der Waals surface area contributed by atoms with Gasteiger partial charge in [-0.05, 0) is 31.0 Å². The number of carbonyl (C=O) groups excluding carboxylic acids is 5. The van der Waals surface area contributed by atoms with Crippen LogP contribution in [0.3, 0.4) is 0 Å². The number of carbonyl (C=O) groups is 5. The smallest absolute Gasteiger partial charge is 0.411 e. The zero-order valence-electron chi connectivity index (χ0n) is 18.3. The first kappa shape index (κ1) is 17.9. The van der Waals surface area contributed by atoms with E-state index in [0.29, 0.717) is 13.0 Å². The molecular weight excluding hydrogens is 404 g/mol. The first-order valence-corrected chi connectivity index (χ1v) is 8.93. The van der Waals surface area contributed by atoms with E-state index in [4.69, 9.17) is 15.7 Å². The third-order valence-electron chi connectivity index (χ3n) is 4.31. The first-order chi connectivity index (χ1) is 14.9. The molecule has 1 aliphatic rings. The summed E-state index contributed by atoms with van der Waals surface area (Å²) in [5.74, 6) is -3.69. The SMILES string of the molecule is [2H]C([2H])([2H])OC(=O)Nc1ccc(Cl)cc1C(=O)N[C@@H](C[C@@H]1CCNC1=O)C(=O)C(=O)NC. The standard InChI is InChI=1S/C18H21ClN4O6/c1-20-17(27)14(24)13(7-9-5-6-21-15(9)25)22-16(26)11-8-10(19)3-4-12(11)23-18(28)29-2/h3-4,8-9,13H,5-7H2,1-2H3,(H,20,27)(H,21,25)(H,22,26)(H,23,28)/t9-,13-/m0/s1/i2D3. The first-order valence-electron chi connectivity index (χ1n) is 10.1. The molecule has 0 radical (unpaired) electrons. The number of benzene rings is 1. The number of nitrogens with one attached hydrogen (secondary N) is 4. The van der Waals surface area contributed by atoms with Gasteiger partial charge in [0.1, 0.15) is 0 Å². The fourth-order valence-corrected chi connectivity index (χ4v) is 3.02. The van der Waals surface area contributed by atoms with Gasteiger partial charge in [0.05, 0.1) is 28.4 Å². The van der Waals surface area contributed by atoms with Crippen molar-refractivity contribution < 1.29 is 32.8 Å². The number of hydrogen-bond donors (Lipinski definition) is 4. The molecule has 156 valence electrons. The predicted molar refractivity (Wildman–Crippen MR) is 104 cm³/mol. The number of likely N-dealkylation sites (N-methyl/N-ethyl adjacent to an activating group) is 1. The largest absolute Gasteiger partial charge is 0.453 e. The van der Waals surface area contributed by atoms with Crippen LogP contribution in [-0.2, 0) is 19.1 Å². The molecule has 4 amide bonds. The minimum absolute atomic E-state index is 0.106. The zero-order chi connectivity index (χ0) is 24.1. The number of ether oxygens (including phenoxy) is 1. The minimum Gasteiger partial charge on any atom is -0.453 e. The molecule has 11 heteroatoms. The lowest BCUT2D eigenvalue weighted by atomic mass is 9.95. The Morgan fingerprint density at radius 1 is 1.38 bits per heavy atom. The lowest BCUT2D eigenvalue weighted by Crippen LogP contribution is -2.48. The van der Waals surface area contributed by atoms with Gasteiger partial charge in [-0.3, -0.25) is 24.5 Å². The van der Waals surface area contributed by atoms with Crippen LogP contribution in [-0.4, -0.2) is 56.3 Å². The van der Waals surface area contributed by atoms with Gasteiger partial charge in [-0.15, -0.1) is 0 Å². The maximum absolute atomic E-state index is 12.9. The van der Waals surface area contributed by atoms with Gasteiger partial charge in [0.2, 0.25) is 11.7 Å². The molecule has 1 aromatic carbocycles. The summed E-state index contributed by atoms with van der Waals surface area (Å²) in [5.41, 5.74) is -0.364. The van der Waals surface area contributed by atoms with Crippen molar-refractivity contribution in [1.82, 2.24) is 16.0 Å². The molecule has 1 heterocycles. The third-order valence-corrected chi connectivity index (χ3v) is 4.55. The minimum atomic E-state index is -3.01. The Labute approximate surface area is 175 Å². The van der Waals surface area contributed by atoms with E-state index in [-0.39, 0.29) is 28.6 Å². The van der Waals surface area contributed by atoms with Crippen LogP contribution in [0.15, 0.2) is 18.2 Å². The summed E-state index contributed by atoms with van der Waals surface area (Å²) in [6.07, 6.45) is -1.03. The lowest BCUT2D eigenvalue weighted by Gasteiger charge is -2.20. The van der Waals surface area contributed by atoms with Crippen LogP contribution in [0.1, 0.15) is 27.3 Å². The molecule has 1 saturated heterocycles.